The molecule has 508 valence electrons. The quantitative estimate of drug-likeness (QED) is 0.0254. The molecule has 1 aromatic heterocycles. The predicted molar refractivity (Wildman–Crippen MR) is 305 cm³/mol. The summed E-state index contributed by atoms with van der Waals surface area (Å²) in [6, 6.07) is 14.8. The van der Waals surface area contributed by atoms with Gasteiger partial charge in [-0.25, -0.2) is 0 Å². The first kappa shape index (κ1) is 74.9. The Morgan fingerprint density at radius 2 is 0.570 bits per heavy atom. The third-order valence-electron chi connectivity index (χ3n) is 15.8. The number of fused-ring (bicyclic) bond motifs is 1. The number of benzene rings is 6. The summed E-state index contributed by atoms with van der Waals surface area (Å²) in [6.45, 7) is 3.92. The molecule has 0 radical (unpaired) electrons. The minimum Gasteiger partial charge on any atom is -0.444 e. The maximum Gasteiger partial charge on any atom is 0.416 e. The van der Waals surface area contributed by atoms with Crippen LogP contribution in [0.2, 0.25) is 0 Å². The van der Waals surface area contributed by atoms with Crippen LogP contribution >= 0.6 is 0 Å². The van der Waals surface area contributed by atoms with E-state index in [1.807, 2.05) is 0 Å². The third-order valence-corrected chi connectivity index (χ3v) is 15.8. The zero-order chi connectivity index (χ0) is 69.0. The van der Waals surface area contributed by atoms with E-state index in [1.54, 1.807) is 0 Å². The molecule has 7 aromatic rings. The molecule has 7 rings (SSSR count). The van der Waals surface area contributed by atoms with Gasteiger partial charge >= 0.3 is 55.3 Å². The summed E-state index contributed by atoms with van der Waals surface area (Å²) in [5, 5.41) is 1.25. The number of alkyl halides is 24. The summed E-state index contributed by atoms with van der Waals surface area (Å²) < 4.78 is 349. The molecule has 93 heavy (non-hydrogen) atoms. The van der Waals surface area contributed by atoms with Crippen molar-refractivity contribution in [3.63, 3.8) is 0 Å². The Kier molecular flexibility index (Phi) is 24.6. The summed E-state index contributed by atoms with van der Waals surface area (Å²) in [6.07, 6.45) is -32.5. The van der Waals surface area contributed by atoms with Crippen LogP contribution < -0.4 is 31.2 Å². The van der Waals surface area contributed by atoms with Gasteiger partial charge in [-0.15, -0.1) is 0 Å². The number of rotatable bonds is 24. The van der Waals surface area contributed by atoms with Crippen LogP contribution in [0.15, 0.2) is 140 Å². The van der Waals surface area contributed by atoms with Crippen LogP contribution in [0.4, 0.5) is 105 Å². The van der Waals surface area contributed by atoms with Gasteiger partial charge in [-0.1, -0.05) is 194 Å². The first-order valence-corrected chi connectivity index (χ1v) is 29.6. The van der Waals surface area contributed by atoms with Gasteiger partial charge in [0, 0.05) is 17.0 Å². The lowest BCUT2D eigenvalue weighted by molar-refractivity contribution is -0.668. The minimum atomic E-state index is -6.13. The largest absolute Gasteiger partial charge is 0.444 e. The zero-order valence-electron chi connectivity index (χ0n) is 49.5. The molecule has 0 bridgehead atoms. The van der Waals surface area contributed by atoms with Crippen LogP contribution in [0.25, 0.3) is 10.9 Å². The average molecular weight is 1350 g/mol. The van der Waals surface area contributed by atoms with Crippen molar-refractivity contribution >= 4 is 38.9 Å². The SMILES string of the molecule is CCCCCCCCCCCCCCCCCCOc1ccc2ccccc2[n+]1Cc1ccccc1.FC(F)(F)c1cc([B-](c2cc(C(F)(F)F)cc(C(F)(F)F)c2)(c2cc(C(F)(F)F)cc(C(F)(F)F)c2)c2cc(C(F)(F)F)cc(C(F)(F)F)c2)cc(C(F)(F)F)c1. The lowest BCUT2D eigenvalue weighted by atomic mass is 9.12. The molecule has 0 atom stereocenters. The number of hydrogen-bond donors (Lipinski definition) is 0. The topological polar surface area (TPSA) is 13.1 Å². The Morgan fingerprint density at radius 3 is 0.860 bits per heavy atom. The molecule has 0 unspecified atom stereocenters. The van der Waals surface area contributed by atoms with Crippen LogP contribution in [-0.4, -0.2) is 12.8 Å². The van der Waals surface area contributed by atoms with Crippen molar-refractivity contribution in [3.8, 4) is 5.88 Å². The highest BCUT2D eigenvalue weighted by Crippen LogP contribution is 2.42. The molecule has 0 spiro atoms. The predicted octanol–water partition coefficient (Wildman–Crippen LogP) is 21.0. The number of aromatic nitrogens is 1. The fraction of sp³-hybridized carbons (Fsp3) is 0.409. The number of unbranched alkanes of at least 4 members (excludes halogenated alkanes) is 15. The molecule has 27 heteroatoms. The summed E-state index contributed by atoms with van der Waals surface area (Å²) in [5.74, 6) is 0.971. The van der Waals surface area contributed by atoms with Crippen LogP contribution in [-0.2, 0) is 56.0 Å². The number of ether oxygens (including phenoxy) is 1. The number of hydrogen-bond acceptors (Lipinski definition) is 1. The van der Waals surface area contributed by atoms with Gasteiger partial charge < -0.3 is 4.74 Å². The van der Waals surface area contributed by atoms with E-state index in [1.165, 1.54) is 113 Å². The van der Waals surface area contributed by atoms with E-state index < -0.39 is 195 Å². The number of nitrogens with zero attached hydrogens (tertiary/aromatic N) is 1. The third kappa shape index (κ3) is 20.7. The maximum atomic E-state index is 14.2. The second-order valence-electron chi connectivity index (χ2n) is 22.7. The molecule has 0 saturated carbocycles. The van der Waals surface area contributed by atoms with Gasteiger partial charge in [0.1, 0.15) is 6.15 Å². The highest BCUT2D eigenvalue weighted by Gasteiger charge is 2.47. The van der Waals surface area contributed by atoms with Crippen molar-refractivity contribution in [2.75, 3.05) is 6.61 Å². The summed E-state index contributed by atoms with van der Waals surface area (Å²) >= 11 is 0. The maximum absolute atomic E-state index is 14.2. The van der Waals surface area contributed by atoms with E-state index in [0.717, 1.165) is 25.5 Å². The van der Waals surface area contributed by atoms with Crippen molar-refractivity contribution < 1.29 is 115 Å². The highest BCUT2D eigenvalue weighted by atomic mass is 19.4. The molecule has 0 fully saturated rings. The van der Waals surface area contributed by atoms with Crippen LogP contribution in [0.1, 0.15) is 160 Å². The Labute approximate surface area is 519 Å². The van der Waals surface area contributed by atoms with E-state index in [0.29, 0.717) is 0 Å². The van der Waals surface area contributed by atoms with Gasteiger partial charge in [0.05, 0.1) is 57.2 Å². The number of pyridine rings is 1. The van der Waals surface area contributed by atoms with Crippen molar-refractivity contribution in [1.82, 2.24) is 0 Å². The van der Waals surface area contributed by atoms with Crippen LogP contribution in [0.3, 0.4) is 0 Å². The van der Waals surface area contributed by atoms with Crippen LogP contribution in [0, 0.1) is 0 Å². The molecule has 0 aliphatic carbocycles. The minimum absolute atomic E-state index is 0.691. The first-order chi connectivity index (χ1) is 43.1. The Morgan fingerprint density at radius 1 is 0.301 bits per heavy atom. The van der Waals surface area contributed by atoms with Gasteiger partial charge in [0.15, 0.2) is 6.54 Å². The fourth-order valence-electron chi connectivity index (χ4n) is 11.2. The summed E-state index contributed by atoms with van der Waals surface area (Å²) in [4.78, 5) is 0. The van der Waals surface area contributed by atoms with E-state index in [9.17, 15) is 105 Å². The van der Waals surface area contributed by atoms with Gasteiger partial charge in [-0.05, 0) is 42.8 Å². The van der Waals surface area contributed by atoms with Crippen molar-refractivity contribution in [2.45, 2.75) is 166 Å². The Balaban J connectivity index is 0.000000327. The van der Waals surface area contributed by atoms with Gasteiger partial charge in [0.25, 0.3) is 0 Å². The van der Waals surface area contributed by atoms with E-state index >= 15 is 0 Å². The monoisotopic (exact) mass is 1350 g/mol. The fourth-order valence-corrected chi connectivity index (χ4v) is 11.2. The van der Waals surface area contributed by atoms with Crippen molar-refractivity contribution in [1.29, 1.82) is 0 Å². The lowest BCUT2D eigenvalue weighted by Gasteiger charge is -2.46. The molecule has 6 aromatic carbocycles. The normalized spacial score (nSPS) is 13.1. The van der Waals surface area contributed by atoms with E-state index in [4.69, 9.17) is 4.74 Å². The first-order valence-electron chi connectivity index (χ1n) is 29.6. The summed E-state index contributed by atoms with van der Waals surface area (Å²) in [5.41, 5.74) is -27.7. The van der Waals surface area contributed by atoms with Gasteiger partial charge in [-0.2, -0.15) is 132 Å². The standard InChI is InChI=1S/C34H50NO.C32H12BF24/c1-2-3-4-5-6-7-8-9-10-11-12-13-14-15-16-22-29-36-34-28-27-32-25-20-21-26-33(32)35(34)30-31-23-18-17-19-24-31;34-25(35,36)13-1-14(26(37,38)39)6-21(5-13)33(22-7-15(27(40,41)42)2-16(8-22)28(43,44)45,23-9-17(29(46,47)48)3-18(10-23)30(49,50)51)24-11-19(31(52,53)54)4-20(12-24)32(55,56)57/h17-21,23-28H,2-16,22,29-30H2,1H3;1-12H/q+1;-1. The molecular weight excluding hydrogens is 1290 g/mol. The molecule has 0 saturated heterocycles. The van der Waals surface area contributed by atoms with Gasteiger partial charge in [0.2, 0.25) is 5.52 Å². The Hall–Kier alpha value is -7.09. The molecule has 2 nitrogen and oxygen atoms in total. The molecule has 0 amide bonds. The summed E-state index contributed by atoms with van der Waals surface area (Å²) in [7, 11) is 0. The second-order valence-corrected chi connectivity index (χ2v) is 22.7. The van der Waals surface area contributed by atoms with Crippen LogP contribution in [0.5, 0.6) is 5.88 Å². The number of halogens is 24. The van der Waals surface area contributed by atoms with Gasteiger partial charge in [-0.3, -0.25) is 0 Å². The molecule has 0 aliphatic heterocycles. The van der Waals surface area contributed by atoms with E-state index in [-0.39, 0.29) is 0 Å². The lowest BCUT2D eigenvalue weighted by Crippen LogP contribution is -2.75. The molecule has 0 aliphatic rings. The zero-order valence-corrected chi connectivity index (χ0v) is 49.5. The average Bonchev–Trinajstić information content (AvgIpc) is 0.709. The van der Waals surface area contributed by atoms with E-state index in [2.05, 4.69) is 78.2 Å². The smallest absolute Gasteiger partial charge is 0.416 e. The molecule has 0 N–H and O–H groups in total. The second kappa shape index (κ2) is 30.5. The Bertz CT molecular complexity index is 3100. The van der Waals surface area contributed by atoms with Crippen molar-refractivity contribution in [3.05, 3.63) is 190 Å². The van der Waals surface area contributed by atoms with Crippen molar-refractivity contribution in [2.24, 2.45) is 0 Å². The number of para-hydroxylation sites is 1. The highest BCUT2D eigenvalue weighted by molar-refractivity contribution is 7.20. The molecule has 1 heterocycles. The molecular formula is C66H62BF24NO.